The zero-order valence-electron chi connectivity index (χ0n) is 13.8. The Morgan fingerprint density at radius 2 is 2.08 bits per heavy atom. The van der Waals surface area contributed by atoms with Crippen LogP contribution in [0, 0.1) is 0 Å². The third kappa shape index (κ3) is 3.24. The van der Waals surface area contributed by atoms with Gasteiger partial charge in [0.25, 0.3) is 5.56 Å². The maximum atomic E-state index is 12.7. The molecule has 0 radical (unpaired) electrons. The predicted octanol–water partition coefficient (Wildman–Crippen LogP) is 2.69. The lowest BCUT2D eigenvalue weighted by Gasteiger charge is -2.20. The first-order valence-electron chi connectivity index (χ1n) is 8.17. The van der Waals surface area contributed by atoms with E-state index < -0.39 is 0 Å². The molecule has 1 fully saturated rings. The number of allylic oxidation sites excluding steroid dienone is 1. The molecule has 1 aliphatic rings. The summed E-state index contributed by atoms with van der Waals surface area (Å²) in [7, 11) is 0. The van der Waals surface area contributed by atoms with E-state index in [-0.39, 0.29) is 16.7 Å². The minimum Gasteiger partial charge on any atom is -0.342 e. The second kappa shape index (κ2) is 7.21. The van der Waals surface area contributed by atoms with Crippen molar-refractivity contribution in [3.05, 3.63) is 47.3 Å². The molecule has 1 saturated heterocycles. The molecule has 1 atom stereocenters. The maximum Gasteiger partial charge on any atom is 0.262 e. The van der Waals surface area contributed by atoms with Crippen molar-refractivity contribution in [3.8, 4) is 0 Å². The smallest absolute Gasteiger partial charge is 0.262 e. The van der Waals surface area contributed by atoms with Gasteiger partial charge in [-0.1, -0.05) is 30.0 Å². The Hall–Kier alpha value is -2.08. The van der Waals surface area contributed by atoms with Crippen molar-refractivity contribution < 1.29 is 4.79 Å². The number of fused-ring (bicyclic) bond motifs is 1. The van der Waals surface area contributed by atoms with Crippen LogP contribution in [0.1, 0.15) is 19.8 Å². The Labute approximate surface area is 145 Å². The molecular formula is C18H21N3O2S. The molecule has 0 unspecified atom stereocenters. The van der Waals surface area contributed by atoms with E-state index in [4.69, 9.17) is 0 Å². The molecule has 5 nitrogen and oxygen atoms in total. The lowest BCUT2D eigenvalue weighted by molar-refractivity contribution is -0.129. The fraction of sp³-hybridized carbons (Fsp3) is 0.389. The van der Waals surface area contributed by atoms with Gasteiger partial charge in [0.2, 0.25) is 5.91 Å². The Morgan fingerprint density at radius 1 is 1.38 bits per heavy atom. The highest BCUT2D eigenvalue weighted by atomic mass is 32.2. The van der Waals surface area contributed by atoms with E-state index in [0.717, 1.165) is 25.9 Å². The number of carbonyl (C=O) groups excluding carboxylic acids is 1. The van der Waals surface area contributed by atoms with E-state index in [9.17, 15) is 9.59 Å². The second-order valence-electron chi connectivity index (χ2n) is 5.91. The average molecular weight is 343 g/mol. The van der Waals surface area contributed by atoms with Crippen LogP contribution in [0.15, 0.2) is 46.9 Å². The summed E-state index contributed by atoms with van der Waals surface area (Å²) < 4.78 is 1.59. The van der Waals surface area contributed by atoms with E-state index in [1.165, 1.54) is 11.8 Å². The Kier molecular flexibility index (Phi) is 5.04. The number of benzene rings is 1. The van der Waals surface area contributed by atoms with Crippen LogP contribution >= 0.6 is 11.8 Å². The van der Waals surface area contributed by atoms with Crippen LogP contribution in [0.3, 0.4) is 0 Å². The molecule has 0 saturated carbocycles. The molecule has 6 heteroatoms. The summed E-state index contributed by atoms with van der Waals surface area (Å²) >= 11 is 1.35. The first-order valence-corrected chi connectivity index (χ1v) is 9.05. The number of aromatic nitrogens is 2. The fourth-order valence-electron chi connectivity index (χ4n) is 2.93. The van der Waals surface area contributed by atoms with Crippen molar-refractivity contribution in [2.45, 2.75) is 36.7 Å². The molecule has 1 aliphatic heterocycles. The number of amides is 1. The van der Waals surface area contributed by atoms with Crippen LogP contribution in [0.5, 0.6) is 0 Å². The molecule has 1 aromatic heterocycles. The minimum absolute atomic E-state index is 0.0937. The number of para-hydroxylation sites is 1. The van der Waals surface area contributed by atoms with E-state index >= 15 is 0 Å². The van der Waals surface area contributed by atoms with Gasteiger partial charge in [-0.2, -0.15) is 0 Å². The van der Waals surface area contributed by atoms with Crippen LogP contribution in [0.2, 0.25) is 0 Å². The van der Waals surface area contributed by atoms with Gasteiger partial charge in [0.05, 0.1) is 16.2 Å². The van der Waals surface area contributed by atoms with Gasteiger partial charge in [-0.25, -0.2) is 4.98 Å². The SMILES string of the molecule is C=CCn1c(S[C@H](C)C(=O)N2CCCC2)nc2ccccc2c1=O. The van der Waals surface area contributed by atoms with Crippen molar-refractivity contribution in [2.24, 2.45) is 0 Å². The number of carbonyl (C=O) groups is 1. The van der Waals surface area contributed by atoms with Crippen molar-refractivity contribution in [1.82, 2.24) is 14.5 Å². The number of rotatable bonds is 5. The van der Waals surface area contributed by atoms with Gasteiger partial charge >= 0.3 is 0 Å². The van der Waals surface area contributed by atoms with Crippen LogP contribution in [-0.2, 0) is 11.3 Å². The number of nitrogens with zero attached hydrogens (tertiary/aromatic N) is 3. The number of hydrogen-bond donors (Lipinski definition) is 0. The normalized spacial score (nSPS) is 15.6. The summed E-state index contributed by atoms with van der Waals surface area (Å²) in [5.41, 5.74) is 0.565. The zero-order chi connectivity index (χ0) is 17.1. The van der Waals surface area contributed by atoms with Gasteiger partial charge in [0.1, 0.15) is 0 Å². The van der Waals surface area contributed by atoms with Crippen molar-refractivity contribution in [3.63, 3.8) is 0 Å². The van der Waals surface area contributed by atoms with Crippen molar-refractivity contribution >= 4 is 28.6 Å². The van der Waals surface area contributed by atoms with Gasteiger partial charge in [-0.05, 0) is 31.9 Å². The molecule has 1 amide bonds. The summed E-state index contributed by atoms with van der Waals surface area (Å²) in [6, 6.07) is 7.29. The third-order valence-electron chi connectivity index (χ3n) is 4.19. The lowest BCUT2D eigenvalue weighted by Crippen LogP contribution is -2.34. The monoisotopic (exact) mass is 343 g/mol. The Balaban J connectivity index is 1.95. The van der Waals surface area contributed by atoms with Crippen molar-refractivity contribution in [2.75, 3.05) is 13.1 Å². The van der Waals surface area contributed by atoms with E-state index in [0.29, 0.717) is 22.6 Å². The van der Waals surface area contributed by atoms with Crippen molar-refractivity contribution in [1.29, 1.82) is 0 Å². The van der Waals surface area contributed by atoms with Gasteiger partial charge < -0.3 is 4.90 Å². The summed E-state index contributed by atoms with van der Waals surface area (Å²) in [6.07, 6.45) is 3.81. The number of likely N-dealkylation sites (tertiary alicyclic amines) is 1. The summed E-state index contributed by atoms with van der Waals surface area (Å²) in [5.74, 6) is 0.116. The largest absolute Gasteiger partial charge is 0.342 e. The van der Waals surface area contributed by atoms with Crippen LogP contribution in [0.4, 0.5) is 0 Å². The average Bonchev–Trinajstić information content (AvgIpc) is 3.12. The third-order valence-corrected chi connectivity index (χ3v) is 5.26. The van der Waals surface area contributed by atoms with Gasteiger partial charge in [0, 0.05) is 19.6 Å². The molecular weight excluding hydrogens is 322 g/mol. The van der Waals surface area contributed by atoms with Gasteiger partial charge in [-0.3, -0.25) is 14.2 Å². The first-order chi connectivity index (χ1) is 11.6. The molecule has 2 heterocycles. The van der Waals surface area contributed by atoms with Crippen LogP contribution in [0.25, 0.3) is 10.9 Å². The molecule has 0 spiro atoms. The summed E-state index contributed by atoms with van der Waals surface area (Å²) in [5, 5.41) is 0.882. The lowest BCUT2D eigenvalue weighted by atomic mass is 10.2. The molecule has 126 valence electrons. The topological polar surface area (TPSA) is 55.2 Å². The highest BCUT2D eigenvalue weighted by molar-refractivity contribution is 8.00. The molecule has 0 N–H and O–H groups in total. The summed E-state index contributed by atoms with van der Waals surface area (Å²) in [4.78, 5) is 31.8. The zero-order valence-corrected chi connectivity index (χ0v) is 14.6. The minimum atomic E-state index is -0.271. The highest BCUT2D eigenvalue weighted by Crippen LogP contribution is 2.25. The standard InChI is InChI=1S/C18H21N3O2S/c1-3-10-21-17(23)14-8-4-5-9-15(14)19-18(21)24-13(2)16(22)20-11-6-7-12-20/h3-5,8-9,13H,1,6-7,10-12H2,2H3/t13-/m1/s1. The van der Waals surface area contributed by atoms with E-state index in [1.54, 1.807) is 16.7 Å². The predicted molar refractivity (Wildman–Crippen MR) is 97.3 cm³/mol. The highest BCUT2D eigenvalue weighted by Gasteiger charge is 2.25. The number of hydrogen-bond acceptors (Lipinski definition) is 4. The second-order valence-corrected chi connectivity index (χ2v) is 7.22. The Morgan fingerprint density at radius 3 is 2.79 bits per heavy atom. The molecule has 3 rings (SSSR count). The first kappa shape index (κ1) is 16.8. The van der Waals surface area contributed by atoms with Crippen LogP contribution in [-0.4, -0.2) is 38.7 Å². The fourth-order valence-corrected chi connectivity index (χ4v) is 3.93. The van der Waals surface area contributed by atoms with Crippen LogP contribution < -0.4 is 5.56 Å². The number of thioether (sulfide) groups is 1. The molecule has 0 aliphatic carbocycles. The quantitative estimate of drug-likeness (QED) is 0.476. The van der Waals surface area contributed by atoms with E-state index in [2.05, 4.69) is 11.6 Å². The Bertz CT molecular complexity index is 825. The molecule has 24 heavy (non-hydrogen) atoms. The molecule has 2 aromatic rings. The summed E-state index contributed by atoms with van der Waals surface area (Å²) in [6.45, 7) is 7.64. The maximum absolute atomic E-state index is 12.7. The van der Waals surface area contributed by atoms with Gasteiger partial charge in [-0.15, -0.1) is 6.58 Å². The van der Waals surface area contributed by atoms with Gasteiger partial charge in [0.15, 0.2) is 5.16 Å². The molecule has 0 bridgehead atoms. The van der Waals surface area contributed by atoms with E-state index in [1.807, 2.05) is 30.0 Å². The molecule has 1 aromatic carbocycles.